The second-order valence-corrected chi connectivity index (χ2v) is 7.72. The zero-order valence-corrected chi connectivity index (χ0v) is 16.3. The molecule has 0 atom stereocenters. The molecule has 134 valence electrons. The van der Waals surface area contributed by atoms with Crippen LogP contribution in [0.5, 0.6) is 0 Å². The summed E-state index contributed by atoms with van der Waals surface area (Å²) >= 11 is 1.71. The molecule has 0 fully saturated rings. The average Bonchev–Trinajstić information content (AvgIpc) is 2.96. The Balaban J connectivity index is 1.64. The van der Waals surface area contributed by atoms with Gasteiger partial charge < -0.3 is 5.32 Å². The molecule has 0 bridgehead atoms. The number of anilines is 1. The fraction of sp³-hybridized carbons (Fsp3) is 0.238. The van der Waals surface area contributed by atoms with Gasteiger partial charge in [-0.15, -0.1) is 0 Å². The SMILES string of the molecule is Cc1c(C(=O)Nc2ccc(Sc3ccc(C(C)C)cc3)cc2)cnn1C. The van der Waals surface area contributed by atoms with E-state index in [1.165, 1.54) is 10.5 Å². The minimum atomic E-state index is -0.139. The number of benzene rings is 2. The van der Waals surface area contributed by atoms with E-state index in [1.807, 2.05) is 38.2 Å². The highest BCUT2D eigenvalue weighted by molar-refractivity contribution is 7.99. The van der Waals surface area contributed by atoms with Crippen LogP contribution < -0.4 is 5.32 Å². The van der Waals surface area contributed by atoms with E-state index >= 15 is 0 Å². The first-order chi connectivity index (χ1) is 12.4. The topological polar surface area (TPSA) is 46.9 Å². The third-order valence-electron chi connectivity index (χ3n) is 4.37. The average molecular weight is 366 g/mol. The predicted octanol–water partition coefficient (Wildman–Crippen LogP) is 5.26. The zero-order valence-electron chi connectivity index (χ0n) is 15.5. The molecule has 26 heavy (non-hydrogen) atoms. The van der Waals surface area contributed by atoms with E-state index in [-0.39, 0.29) is 5.91 Å². The summed E-state index contributed by atoms with van der Waals surface area (Å²) in [5.74, 6) is 0.403. The Labute approximate surface area is 158 Å². The van der Waals surface area contributed by atoms with Gasteiger partial charge in [0.15, 0.2) is 0 Å². The molecule has 0 aliphatic heterocycles. The molecule has 0 spiro atoms. The van der Waals surface area contributed by atoms with Gasteiger partial charge in [0.05, 0.1) is 11.8 Å². The largest absolute Gasteiger partial charge is 0.322 e. The van der Waals surface area contributed by atoms with Gasteiger partial charge in [0, 0.05) is 28.2 Å². The van der Waals surface area contributed by atoms with Crippen molar-refractivity contribution in [1.82, 2.24) is 9.78 Å². The molecule has 0 aliphatic rings. The van der Waals surface area contributed by atoms with Crippen LogP contribution in [0.2, 0.25) is 0 Å². The number of nitrogens with zero attached hydrogens (tertiary/aromatic N) is 2. The third-order valence-corrected chi connectivity index (χ3v) is 5.39. The van der Waals surface area contributed by atoms with E-state index in [2.05, 4.69) is 48.5 Å². The molecule has 3 rings (SSSR count). The lowest BCUT2D eigenvalue weighted by atomic mass is 10.0. The predicted molar refractivity (Wildman–Crippen MR) is 107 cm³/mol. The smallest absolute Gasteiger partial charge is 0.259 e. The highest BCUT2D eigenvalue weighted by Gasteiger charge is 2.12. The standard InChI is InChI=1S/C21H23N3OS/c1-14(2)16-5-9-18(10-6-16)26-19-11-7-17(8-12-19)23-21(25)20-13-22-24(4)15(20)3/h5-14H,1-4H3,(H,23,25). The van der Waals surface area contributed by atoms with Crippen molar-refractivity contribution in [3.8, 4) is 0 Å². The lowest BCUT2D eigenvalue weighted by Gasteiger charge is -2.08. The van der Waals surface area contributed by atoms with Crippen LogP contribution in [0.25, 0.3) is 0 Å². The fourth-order valence-corrected chi connectivity index (χ4v) is 3.40. The van der Waals surface area contributed by atoms with Gasteiger partial charge in [-0.05, 0) is 54.8 Å². The second kappa shape index (κ2) is 7.79. The highest BCUT2D eigenvalue weighted by atomic mass is 32.2. The third kappa shape index (κ3) is 4.17. The number of amides is 1. The summed E-state index contributed by atoms with van der Waals surface area (Å²) in [7, 11) is 1.83. The molecule has 0 aliphatic carbocycles. The van der Waals surface area contributed by atoms with Gasteiger partial charge in [0.2, 0.25) is 0 Å². The summed E-state index contributed by atoms with van der Waals surface area (Å²) in [5, 5.41) is 7.03. The van der Waals surface area contributed by atoms with Crippen LogP contribution in [0.3, 0.4) is 0 Å². The van der Waals surface area contributed by atoms with Crippen molar-refractivity contribution in [2.24, 2.45) is 7.05 Å². The molecule has 1 amide bonds. The van der Waals surface area contributed by atoms with Gasteiger partial charge in [-0.3, -0.25) is 9.48 Å². The van der Waals surface area contributed by atoms with Crippen LogP contribution in [0, 0.1) is 6.92 Å². The van der Waals surface area contributed by atoms with Crippen LogP contribution in [-0.4, -0.2) is 15.7 Å². The van der Waals surface area contributed by atoms with Crippen molar-refractivity contribution in [2.45, 2.75) is 36.5 Å². The summed E-state index contributed by atoms with van der Waals surface area (Å²) in [6.45, 7) is 6.27. The summed E-state index contributed by atoms with van der Waals surface area (Å²) in [6.07, 6.45) is 1.59. The van der Waals surface area contributed by atoms with E-state index in [0.717, 1.165) is 16.3 Å². The van der Waals surface area contributed by atoms with Gasteiger partial charge in [-0.2, -0.15) is 5.10 Å². The number of aromatic nitrogens is 2. The maximum Gasteiger partial charge on any atom is 0.259 e. The summed E-state index contributed by atoms with van der Waals surface area (Å²) < 4.78 is 1.69. The van der Waals surface area contributed by atoms with Crippen LogP contribution >= 0.6 is 11.8 Å². The minimum absolute atomic E-state index is 0.139. The number of carbonyl (C=O) groups is 1. The molecule has 0 saturated carbocycles. The molecule has 0 unspecified atom stereocenters. The molecule has 2 aromatic carbocycles. The monoisotopic (exact) mass is 365 g/mol. The van der Waals surface area contributed by atoms with Gasteiger partial charge in [-0.1, -0.05) is 37.7 Å². The Kier molecular flexibility index (Phi) is 5.47. The Morgan fingerprint density at radius 3 is 2.12 bits per heavy atom. The van der Waals surface area contributed by atoms with Crippen LogP contribution in [-0.2, 0) is 7.05 Å². The molecule has 4 nitrogen and oxygen atoms in total. The zero-order chi connectivity index (χ0) is 18.7. The maximum absolute atomic E-state index is 12.3. The molecule has 0 radical (unpaired) electrons. The molecular weight excluding hydrogens is 342 g/mol. The van der Waals surface area contributed by atoms with E-state index in [0.29, 0.717) is 11.5 Å². The number of hydrogen-bond donors (Lipinski definition) is 1. The summed E-state index contributed by atoms with van der Waals surface area (Å²) in [4.78, 5) is 14.7. The highest BCUT2D eigenvalue weighted by Crippen LogP contribution is 2.29. The Morgan fingerprint density at radius 1 is 1.04 bits per heavy atom. The van der Waals surface area contributed by atoms with Crippen LogP contribution in [0.1, 0.15) is 41.4 Å². The van der Waals surface area contributed by atoms with Crippen molar-refractivity contribution in [3.05, 3.63) is 71.5 Å². The van der Waals surface area contributed by atoms with E-state index in [9.17, 15) is 4.79 Å². The molecule has 1 heterocycles. The number of nitrogens with one attached hydrogen (secondary N) is 1. The first-order valence-electron chi connectivity index (χ1n) is 8.62. The summed E-state index contributed by atoms with van der Waals surface area (Å²) in [5.41, 5.74) is 3.56. The van der Waals surface area contributed by atoms with Crippen LogP contribution in [0.15, 0.2) is 64.5 Å². The van der Waals surface area contributed by atoms with Gasteiger partial charge in [0.1, 0.15) is 0 Å². The second-order valence-electron chi connectivity index (χ2n) is 6.57. The number of aryl methyl sites for hydroxylation is 1. The van der Waals surface area contributed by atoms with E-state index < -0.39 is 0 Å². The Hall–Kier alpha value is -2.53. The number of rotatable bonds is 5. The molecule has 5 heteroatoms. The lowest BCUT2D eigenvalue weighted by molar-refractivity contribution is 0.102. The minimum Gasteiger partial charge on any atom is -0.322 e. The first-order valence-corrected chi connectivity index (χ1v) is 9.43. The Bertz CT molecular complexity index is 896. The van der Waals surface area contributed by atoms with E-state index in [4.69, 9.17) is 0 Å². The lowest BCUT2D eigenvalue weighted by Crippen LogP contribution is -2.12. The summed E-state index contributed by atoms with van der Waals surface area (Å²) in [6, 6.07) is 16.6. The fourth-order valence-electron chi connectivity index (χ4n) is 2.58. The van der Waals surface area contributed by atoms with Crippen molar-refractivity contribution < 1.29 is 4.79 Å². The van der Waals surface area contributed by atoms with Crippen molar-refractivity contribution in [1.29, 1.82) is 0 Å². The quantitative estimate of drug-likeness (QED) is 0.671. The maximum atomic E-state index is 12.3. The molecule has 1 aromatic heterocycles. The first kappa shape index (κ1) is 18.3. The van der Waals surface area contributed by atoms with E-state index in [1.54, 1.807) is 22.6 Å². The molecular formula is C21H23N3OS. The number of carbonyl (C=O) groups excluding carboxylic acids is 1. The number of hydrogen-bond acceptors (Lipinski definition) is 3. The van der Waals surface area contributed by atoms with Crippen LogP contribution in [0.4, 0.5) is 5.69 Å². The van der Waals surface area contributed by atoms with Crippen molar-refractivity contribution >= 4 is 23.4 Å². The van der Waals surface area contributed by atoms with Crippen molar-refractivity contribution in [3.63, 3.8) is 0 Å². The van der Waals surface area contributed by atoms with Gasteiger partial charge in [-0.25, -0.2) is 0 Å². The molecule has 3 aromatic rings. The van der Waals surface area contributed by atoms with Gasteiger partial charge >= 0.3 is 0 Å². The molecule has 1 N–H and O–H groups in total. The Morgan fingerprint density at radius 2 is 1.62 bits per heavy atom. The van der Waals surface area contributed by atoms with Crippen molar-refractivity contribution in [2.75, 3.05) is 5.32 Å². The molecule has 0 saturated heterocycles. The normalized spacial score (nSPS) is 11.0. The van der Waals surface area contributed by atoms with Gasteiger partial charge in [0.25, 0.3) is 5.91 Å².